The van der Waals surface area contributed by atoms with Crippen LogP contribution in [-0.2, 0) is 11.0 Å². The highest BCUT2D eigenvalue weighted by atomic mass is 28.4. The summed E-state index contributed by atoms with van der Waals surface area (Å²) in [7, 11) is 1.45. The summed E-state index contributed by atoms with van der Waals surface area (Å²) in [5, 5.41) is 0.205. The van der Waals surface area contributed by atoms with Crippen molar-refractivity contribution < 1.29 is 13.9 Å². The molecule has 0 unspecified atom stereocenters. The standard InChI is InChI=1S/C14H25NO3Si/c1-14(2,3)19(6,7)18-10-11-8-12(16-4)13(17-5)15-9-11/h8-9H,10H2,1-7H3. The van der Waals surface area contributed by atoms with E-state index < -0.39 is 8.32 Å². The smallest absolute Gasteiger partial charge is 0.256 e. The third kappa shape index (κ3) is 3.94. The van der Waals surface area contributed by atoms with Crippen molar-refractivity contribution in [3.05, 3.63) is 17.8 Å². The van der Waals surface area contributed by atoms with Crippen LogP contribution in [-0.4, -0.2) is 27.5 Å². The molecule has 0 aliphatic rings. The summed E-state index contributed by atoms with van der Waals surface area (Å²) >= 11 is 0. The molecule has 0 atom stereocenters. The molecule has 4 nitrogen and oxygen atoms in total. The molecule has 0 amide bonds. The highest BCUT2D eigenvalue weighted by molar-refractivity contribution is 6.74. The van der Waals surface area contributed by atoms with Gasteiger partial charge in [0.2, 0.25) is 0 Å². The Hall–Kier alpha value is -1.07. The lowest BCUT2D eigenvalue weighted by molar-refractivity contribution is 0.274. The monoisotopic (exact) mass is 283 g/mol. The van der Waals surface area contributed by atoms with Crippen LogP contribution in [0.25, 0.3) is 0 Å². The van der Waals surface area contributed by atoms with E-state index >= 15 is 0 Å². The van der Waals surface area contributed by atoms with Gasteiger partial charge < -0.3 is 13.9 Å². The molecular formula is C14H25NO3Si. The Morgan fingerprint density at radius 3 is 2.26 bits per heavy atom. The molecule has 0 saturated heterocycles. The molecule has 0 saturated carbocycles. The summed E-state index contributed by atoms with van der Waals surface area (Å²) in [6.07, 6.45) is 1.77. The summed E-state index contributed by atoms with van der Waals surface area (Å²) in [5.74, 6) is 1.14. The Kier molecular flexibility index (Phi) is 4.98. The largest absolute Gasteiger partial charge is 0.491 e. The van der Waals surface area contributed by atoms with Crippen LogP contribution in [0.2, 0.25) is 18.1 Å². The molecule has 1 rings (SSSR count). The number of hydrogen-bond donors (Lipinski definition) is 0. The zero-order chi connectivity index (χ0) is 14.7. The quantitative estimate of drug-likeness (QED) is 0.774. The lowest BCUT2D eigenvalue weighted by Gasteiger charge is -2.36. The van der Waals surface area contributed by atoms with Gasteiger partial charge in [0, 0.05) is 6.20 Å². The second-order valence-electron chi connectivity index (χ2n) is 6.10. The molecule has 5 heteroatoms. The molecule has 1 aromatic heterocycles. The van der Waals surface area contributed by atoms with Crippen molar-refractivity contribution in [3.63, 3.8) is 0 Å². The summed E-state index contributed by atoms with van der Waals surface area (Å²) in [5.41, 5.74) is 1.00. The van der Waals surface area contributed by atoms with Crippen LogP contribution in [0.1, 0.15) is 26.3 Å². The molecule has 108 valence electrons. The average Bonchev–Trinajstić information content (AvgIpc) is 2.34. The van der Waals surface area contributed by atoms with Gasteiger partial charge in [0.25, 0.3) is 5.88 Å². The fourth-order valence-corrected chi connectivity index (χ4v) is 2.29. The van der Waals surface area contributed by atoms with Gasteiger partial charge in [-0.25, -0.2) is 4.98 Å². The predicted octanol–water partition coefficient (Wildman–Crippen LogP) is 3.62. The van der Waals surface area contributed by atoms with Gasteiger partial charge >= 0.3 is 0 Å². The van der Waals surface area contributed by atoms with Crippen LogP contribution < -0.4 is 9.47 Å². The zero-order valence-electron chi connectivity index (χ0n) is 13.0. The normalized spacial score (nSPS) is 12.4. The highest BCUT2D eigenvalue weighted by Gasteiger charge is 2.37. The Morgan fingerprint density at radius 1 is 1.16 bits per heavy atom. The first-order valence-corrected chi connectivity index (χ1v) is 9.33. The molecule has 0 N–H and O–H groups in total. The third-order valence-corrected chi connectivity index (χ3v) is 8.17. The van der Waals surface area contributed by atoms with Crippen molar-refractivity contribution in [1.82, 2.24) is 4.98 Å². The van der Waals surface area contributed by atoms with Crippen molar-refractivity contribution in [2.45, 2.75) is 45.5 Å². The van der Waals surface area contributed by atoms with Crippen molar-refractivity contribution in [1.29, 1.82) is 0 Å². The minimum Gasteiger partial charge on any atom is -0.491 e. The average molecular weight is 283 g/mol. The number of ether oxygens (including phenoxy) is 2. The third-order valence-electron chi connectivity index (χ3n) is 3.69. The van der Waals surface area contributed by atoms with Crippen molar-refractivity contribution in [2.75, 3.05) is 14.2 Å². The van der Waals surface area contributed by atoms with E-state index in [1.165, 1.54) is 0 Å². The summed E-state index contributed by atoms with van der Waals surface area (Å²) in [4.78, 5) is 4.22. The van der Waals surface area contributed by atoms with Gasteiger partial charge in [-0.15, -0.1) is 0 Å². The summed E-state index contributed by atoms with van der Waals surface area (Å²) < 4.78 is 16.5. The van der Waals surface area contributed by atoms with Gasteiger partial charge in [-0.2, -0.15) is 0 Å². The summed E-state index contributed by atoms with van der Waals surface area (Å²) in [6, 6.07) is 1.92. The van der Waals surface area contributed by atoms with Gasteiger partial charge in [-0.05, 0) is 29.8 Å². The molecule has 1 aromatic rings. The second-order valence-corrected chi connectivity index (χ2v) is 10.9. The SMILES string of the molecule is COc1cc(CO[Si](C)(C)C(C)(C)C)cnc1OC. The van der Waals surface area contributed by atoms with E-state index in [0.717, 1.165) is 5.56 Å². The molecular weight excluding hydrogens is 258 g/mol. The number of methoxy groups -OCH3 is 2. The Labute approximate surface area is 117 Å². The van der Waals surface area contributed by atoms with E-state index in [4.69, 9.17) is 13.9 Å². The predicted molar refractivity (Wildman–Crippen MR) is 79.3 cm³/mol. The van der Waals surface area contributed by atoms with E-state index in [1.807, 2.05) is 6.07 Å². The van der Waals surface area contributed by atoms with Gasteiger partial charge in [-0.3, -0.25) is 0 Å². The maximum atomic E-state index is 6.16. The first-order valence-electron chi connectivity index (χ1n) is 6.42. The van der Waals surface area contributed by atoms with Crippen LogP contribution in [0.5, 0.6) is 11.6 Å². The highest BCUT2D eigenvalue weighted by Crippen LogP contribution is 2.37. The lowest BCUT2D eigenvalue weighted by atomic mass is 10.2. The van der Waals surface area contributed by atoms with E-state index in [1.54, 1.807) is 20.4 Å². The van der Waals surface area contributed by atoms with Crippen LogP contribution in [0.15, 0.2) is 12.3 Å². The van der Waals surface area contributed by atoms with E-state index in [2.05, 4.69) is 38.8 Å². The topological polar surface area (TPSA) is 40.6 Å². The maximum Gasteiger partial charge on any atom is 0.256 e. The van der Waals surface area contributed by atoms with E-state index in [0.29, 0.717) is 18.2 Å². The molecule has 0 fully saturated rings. The first-order chi connectivity index (χ1) is 8.71. The molecule has 0 spiro atoms. The fourth-order valence-electron chi connectivity index (χ4n) is 1.33. The fraction of sp³-hybridized carbons (Fsp3) is 0.643. The first kappa shape index (κ1) is 16.0. The minimum absolute atomic E-state index is 0.205. The van der Waals surface area contributed by atoms with Crippen LogP contribution in [0.3, 0.4) is 0 Å². The molecule has 0 bridgehead atoms. The zero-order valence-corrected chi connectivity index (χ0v) is 14.0. The molecule has 0 radical (unpaired) electrons. The Morgan fingerprint density at radius 2 is 1.79 bits per heavy atom. The Bertz CT molecular complexity index is 427. The van der Waals surface area contributed by atoms with Gasteiger partial charge in [0.05, 0.1) is 20.8 Å². The molecule has 0 aliphatic heterocycles. The molecule has 1 heterocycles. The van der Waals surface area contributed by atoms with Crippen molar-refractivity contribution in [3.8, 4) is 11.6 Å². The number of rotatable bonds is 5. The number of aromatic nitrogens is 1. The molecule has 0 aliphatic carbocycles. The maximum absolute atomic E-state index is 6.16. The van der Waals surface area contributed by atoms with Crippen molar-refractivity contribution in [2.24, 2.45) is 0 Å². The number of pyridine rings is 1. The van der Waals surface area contributed by atoms with Crippen LogP contribution in [0.4, 0.5) is 0 Å². The van der Waals surface area contributed by atoms with Crippen LogP contribution in [0, 0.1) is 0 Å². The van der Waals surface area contributed by atoms with Crippen LogP contribution >= 0.6 is 0 Å². The van der Waals surface area contributed by atoms with Gasteiger partial charge in [-0.1, -0.05) is 20.8 Å². The molecule has 0 aromatic carbocycles. The second kappa shape index (κ2) is 5.92. The molecule has 19 heavy (non-hydrogen) atoms. The number of hydrogen-bond acceptors (Lipinski definition) is 4. The van der Waals surface area contributed by atoms with Gasteiger partial charge in [0.1, 0.15) is 0 Å². The Balaban J connectivity index is 2.79. The van der Waals surface area contributed by atoms with E-state index in [9.17, 15) is 0 Å². The number of nitrogens with zero attached hydrogens (tertiary/aromatic N) is 1. The minimum atomic E-state index is -1.74. The summed E-state index contributed by atoms with van der Waals surface area (Å²) in [6.45, 7) is 11.7. The van der Waals surface area contributed by atoms with Gasteiger partial charge in [0.15, 0.2) is 14.1 Å². The lowest BCUT2D eigenvalue weighted by Crippen LogP contribution is -2.40. The van der Waals surface area contributed by atoms with Crippen molar-refractivity contribution >= 4 is 8.32 Å². The van der Waals surface area contributed by atoms with E-state index in [-0.39, 0.29) is 5.04 Å².